The van der Waals surface area contributed by atoms with Crippen LogP contribution in [0.4, 0.5) is 24.5 Å². The van der Waals surface area contributed by atoms with Gasteiger partial charge in [0.25, 0.3) is 0 Å². The van der Waals surface area contributed by atoms with Gasteiger partial charge in [0.1, 0.15) is 5.58 Å². The van der Waals surface area contributed by atoms with Crippen molar-refractivity contribution < 1.29 is 17.6 Å². The van der Waals surface area contributed by atoms with E-state index in [9.17, 15) is 18.0 Å². The lowest BCUT2D eigenvalue weighted by atomic mass is 9.99. The molecule has 0 spiro atoms. The summed E-state index contributed by atoms with van der Waals surface area (Å²) in [5, 5.41) is 5.97. The Labute approximate surface area is 170 Å². The molecule has 0 amide bonds. The molecule has 152 valence electrons. The van der Waals surface area contributed by atoms with E-state index in [1.165, 1.54) is 23.8 Å². The third-order valence-electron chi connectivity index (χ3n) is 4.66. The molecule has 0 radical (unpaired) electrons. The fourth-order valence-electron chi connectivity index (χ4n) is 2.90. The molecule has 1 unspecified atom stereocenters. The second-order valence-electron chi connectivity index (χ2n) is 6.70. The smallest absolute Gasteiger partial charge is 0.417 e. The molecule has 2 aromatic carbocycles. The van der Waals surface area contributed by atoms with E-state index in [1.54, 1.807) is 0 Å². The largest absolute Gasteiger partial charge is 0.423 e. The monoisotopic (exact) mass is 420 g/mol. The highest BCUT2D eigenvalue weighted by Crippen LogP contribution is 2.34. The summed E-state index contributed by atoms with van der Waals surface area (Å²) in [6.45, 7) is 4.27. The lowest BCUT2D eigenvalue weighted by molar-refractivity contribution is -0.136. The number of rotatable bonds is 4. The Morgan fingerprint density at radius 2 is 1.69 bits per heavy atom. The van der Waals surface area contributed by atoms with Crippen LogP contribution in [0.1, 0.15) is 37.3 Å². The zero-order valence-corrected chi connectivity index (χ0v) is 16.6. The van der Waals surface area contributed by atoms with E-state index in [1.807, 2.05) is 24.3 Å². The fraction of sp³-hybridized carbons (Fsp3) is 0.238. The molecule has 1 heterocycles. The summed E-state index contributed by atoms with van der Waals surface area (Å²) >= 11 is 5.26. The SMILES string of the molecule is CCC(C)c1ccc(NC(=S)Nc2ccc3c(C(F)(F)F)cc(=O)oc3c2)cc1. The number of nitrogens with one attached hydrogen (secondary N) is 2. The summed E-state index contributed by atoms with van der Waals surface area (Å²) in [5.74, 6) is 0.461. The van der Waals surface area contributed by atoms with Crippen LogP contribution in [0.2, 0.25) is 0 Å². The van der Waals surface area contributed by atoms with Gasteiger partial charge in [-0.2, -0.15) is 13.2 Å². The van der Waals surface area contributed by atoms with Crippen LogP contribution in [0, 0.1) is 0 Å². The third kappa shape index (κ3) is 4.95. The lowest BCUT2D eigenvalue weighted by Gasteiger charge is -2.14. The fourth-order valence-corrected chi connectivity index (χ4v) is 3.13. The van der Waals surface area contributed by atoms with E-state index < -0.39 is 17.4 Å². The van der Waals surface area contributed by atoms with Gasteiger partial charge in [0, 0.05) is 28.9 Å². The van der Waals surface area contributed by atoms with Crippen LogP contribution in [0.15, 0.2) is 57.7 Å². The quantitative estimate of drug-likeness (QED) is 0.393. The molecule has 0 aliphatic carbocycles. The Balaban J connectivity index is 1.78. The maximum absolute atomic E-state index is 13.1. The molecule has 8 heteroatoms. The van der Waals surface area contributed by atoms with Gasteiger partial charge in [0.15, 0.2) is 5.11 Å². The third-order valence-corrected chi connectivity index (χ3v) is 4.86. The molecular formula is C21H19F3N2O2S. The molecule has 0 saturated heterocycles. The van der Waals surface area contributed by atoms with E-state index in [0.29, 0.717) is 17.7 Å². The van der Waals surface area contributed by atoms with E-state index in [-0.39, 0.29) is 16.1 Å². The predicted molar refractivity (Wildman–Crippen MR) is 112 cm³/mol. The molecule has 4 nitrogen and oxygen atoms in total. The number of benzene rings is 2. The highest BCUT2D eigenvalue weighted by Gasteiger charge is 2.33. The first-order valence-corrected chi connectivity index (χ1v) is 9.41. The summed E-state index contributed by atoms with van der Waals surface area (Å²) in [7, 11) is 0. The van der Waals surface area contributed by atoms with Crippen molar-refractivity contribution in [1.29, 1.82) is 0 Å². The minimum absolute atomic E-state index is 0.171. The maximum Gasteiger partial charge on any atom is 0.417 e. The molecule has 0 saturated carbocycles. The van der Waals surface area contributed by atoms with Gasteiger partial charge < -0.3 is 15.1 Å². The number of alkyl halides is 3. The van der Waals surface area contributed by atoms with Crippen LogP contribution in [0.3, 0.4) is 0 Å². The van der Waals surface area contributed by atoms with Crippen molar-refractivity contribution in [1.82, 2.24) is 0 Å². The number of halogens is 3. The molecule has 0 bridgehead atoms. The molecule has 3 rings (SSSR count). The molecule has 0 aliphatic heterocycles. The van der Waals surface area contributed by atoms with Crippen molar-refractivity contribution in [2.75, 3.05) is 10.6 Å². The van der Waals surface area contributed by atoms with Crippen LogP contribution < -0.4 is 16.3 Å². The van der Waals surface area contributed by atoms with E-state index in [0.717, 1.165) is 12.1 Å². The summed E-state index contributed by atoms with van der Waals surface area (Å²) in [6.07, 6.45) is -3.61. The van der Waals surface area contributed by atoms with Crippen LogP contribution in [-0.4, -0.2) is 5.11 Å². The summed E-state index contributed by atoms with van der Waals surface area (Å²) < 4.78 is 44.3. The zero-order chi connectivity index (χ0) is 21.2. The molecule has 1 aromatic heterocycles. The van der Waals surface area contributed by atoms with Crippen LogP contribution >= 0.6 is 12.2 Å². The van der Waals surface area contributed by atoms with Crippen LogP contribution in [-0.2, 0) is 6.18 Å². The Morgan fingerprint density at radius 1 is 1.07 bits per heavy atom. The first-order valence-electron chi connectivity index (χ1n) is 9.00. The zero-order valence-electron chi connectivity index (χ0n) is 15.8. The van der Waals surface area contributed by atoms with Crippen LogP contribution in [0.25, 0.3) is 11.0 Å². The maximum atomic E-state index is 13.1. The number of hydrogen-bond donors (Lipinski definition) is 2. The Hall–Kier alpha value is -2.87. The van der Waals surface area contributed by atoms with E-state index in [2.05, 4.69) is 24.5 Å². The van der Waals surface area contributed by atoms with Gasteiger partial charge in [-0.05, 0) is 54.4 Å². The van der Waals surface area contributed by atoms with Crippen LogP contribution in [0.5, 0.6) is 0 Å². The topological polar surface area (TPSA) is 54.3 Å². The minimum atomic E-state index is -4.65. The standard InChI is InChI=1S/C21H19F3N2O2S/c1-3-12(2)13-4-6-14(7-5-13)25-20(29)26-15-8-9-16-17(21(22,23)24)11-19(27)28-18(16)10-15/h4-12H,3H2,1-2H3,(H2,25,26,29). The summed E-state index contributed by atoms with van der Waals surface area (Å²) in [4.78, 5) is 11.5. The summed E-state index contributed by atoms with van der Waals surface area (Å²) in [6, 6.07) is 12.3. The van der Waals surface area contributed by atoms with E-state index in [4.69, 9.17) is 16.6 Å². The Kier molecular flexibility index (Phi) is 5.93. The van der Waals surface area contributed by atoms with Gasteiger partial charge >= 0.3 is 11.8 Å². The van der Waals surface area contributed by atoms with Gasteiger partial charge in [-0.3, -0.25) is 0 Å². The first-order chi connectivity index (χ1) is 13.7. The molecular weight excluding hydrogens is 401 g/mol. The van der Waals surface area contributed by atoms with Crippen molar-refractivity contribution in [3.8, 4) is 0 Å². The van der Waals surface area contributed by atoms with Gasteiger partial charge in [-0.25, -0.2) is 4.79 Å². The van der Waals surface area contributed by atoms with Gasteiger partial charge in [-0.1, -0.05) is 26.0 Å². The van der Waals surface area contributed by atoms with Gasteiger partial charge in [0.2, 0.25) is 0 Å². The average Bonchev–Trinajstić information content (AvgIpc) is 2.66. The average molecular weight is 420 g/mol. The van der Waals surface area contributed by atoms with Crippen molar-refractivity contribution in [3.63, 3.8) is 0 Å². The van der Waals surface area contributed by atoms with Crippen molar-refractivity contribution in [2.24, 2.45) is 0 Å². The molecule has 0 aliphatic rings. The first kappa shape index (κ1) is 20.9. The highest BCUT2D eigenvalue weighted by molar-refractivity contribution is 7.80. The van der Waals surface area contributed by atoms with Gasteiger partial charge in [0.05, 0.1) is 5.56 Å². The van der Waals surface area contributed by atoms with Crippen molar-refractivity contribution in [2.45, 2.75) is 32.4 Å². The second kappa shape index (κ2) is 8.24. The van der Waals surface area contributed by atoms with Crippen molar-refractivity contribution in [3.05, 3.63) is 70.1 Å². The lowest BCUT2D eigenvalue weighted by Crippen LogP contribution is -2.19. The molecule has 1 atom stereocenters. The molecule has 29 heavy (non-hydrogen) atoms. The number of fused-ring (bicyclic) bond motifs is 1. The molecule has 2 N–H and O–H groups in total. The predicted octanol–water partition coefficient (Wildman–Crippen LogP) is 6.13. The Morgan fingerprint density at radius 3 is 2.31 bits per heavy atom. The molecule has 3 aromatic rings. The summed E-state index contributed by atoms with van der Waals surface area (Å²) in [5.41, 5.74) is 0.133. The van der Waals surface area contributed by atoms with E-state index >= 15 is 0 Å². The number of anilines is 2. The number of hydrogen-bond acceptors (Lipinski definition) is 3. The normalized spacial score (nSPS) is 12.6. The second-order valence-corrected chi connectivity index (χ2v) is 7.11. The molecule has 0 fully saturated rings. The van der Waals surface area contributed by atoms with Gasteiger partial charge in [-0.15, -0.1) is 0 Å². The number of thiocarbonyl (C=S) groups is 1. The van der Waals surface area contributed by atoms with Crippen molar-refractivity contribution >= 4 is 39.7 Å². The highest BCUT2D eigenvalue weighted by atomic mass is 32.1. The minimum Gasteiger partial charge on any atom is -0.423 e. The Bertz CT molecular complexity index is 1090.